The van der Waals surface area contributed by atoms with Gasteiger partial charge in [-0.2, -0.15) is 5.26 Å². The van der Waals surface area contributed by atoms with Crippen molar-refractivity contribution < 1.29 is 13.2 Å². The smallest absolute Gasteiger partial charge is 0.151 e. The zero-order valence-corrected chi connectivity index (χ0v) is 12.3. The predicted octanol–water partition coefficient (Wildman–Crippen LogP) is 1.19. The van der Waals surface area contributed by atoms with E-state index in [0.29, 0.717) is 30.8 Å². The van der Waals surface area contributed by atoms with Crippen molar-refractivity contribution in [3.8, 4) is 11.8 Å². The van der Waals surface area contributed by atoms with Crippen LogP contribution in [0.2, 0.25) is 0 Å². The van der Waals surface area contributed by atoms with E-state index in [2.05, 4.69) is 11.0 Å². The highest BCUT2D eigenvalue weighted by Gasteiger charge is 2.19. The summed E-state index contributed by atoms with van der Waals surface area (Å²) < 4.78 is 28.2. The van der Waals surface area contributed by atoms with Gasteiger partial charge in [0.15, 0.2) is 9.84 Å². The number of nitriles is 1. The molecular weight excluding hydrogens is 276 g/mol. The molecule has 0 atom stereocenters. The topological polar surface area (TPSA) is 70.4 Å². The Morgan fingerprint density at radius 1 is 1.35 bits per heavy atom. The van der Waals surface area contributed by atoms with E-state index in [9.17, 15) is 8.42 Å². The highest BCUT2D eigenvalue weighted by atomic mass is 32.2. The van der Waals surface area contributed by atoms with Gasteiger partial charge in [-0.3, -0.25) is 4.90 Å². The molecule has 1 aromatic carbocycles. The first-order valence-corrected chi connectivity index (χ1v) is 8.36. The van der Waals surface area contributed by atoms with Crippen molar-refractivity contribution >= 4 is 9.84 Å². The van der Waals surface area contributed by atoms with E-state index in [1.807, 2.05) is 6.07 Å². The van der Waals surface area contributed by atoms with Crippen LogP contribution in [0, 0.1) is 11.3 Å². The molecule has 0 N–H and O–H groups in total. The van der Waals surface area contributed by atoms with Gasteiger partial charge in [0.1, 0.15) is 11.8 Å². The first kappa shape index (κ1) is 14.8. The fourth-order valence-corrected chi connectivity index (χ4v) is 3.66. The molecular formula is C14H18N2O3S. The fraction of sp³-hybridized carbons (Fsp3) is 0.500. The molecule has 1 aliphatic heterocycles. The van der Waals surface area contributed by atoms with Crippen LogP contribution in [0.25, 0.3) is 0 Å². The van der Waals surface area contributed by atoms with E-state index in [1.165, 1.54) is 7.11 Å². The zero-order chi connectivity index (χ0) is 14.6. The Kier molecular flexibility index (Phi) is 4.63. The second-order valence-corrected chi connectivity index (χ2v) is 7.23. The molecule has 0 radical (unpaired) electrons. The summed E-state index contributed by atoms with van der Waals surface area (Å²) in [4.78, 5) is 2.12. The van der Waals surface area contributed by atoms with Crippen molar-refractivity contribution in [1.82, 2.24) is 4.90 Å². The van der Waals surface area contributed by atoms with E-state index in [-0.39, 0.29) is 11.5 Å². The first-order valence-electron chi connectivity index (χ1n) is 6.54. The molecule has 6 heteroatoms. The Morgan fingerprint density at radius 3 is 2.85 bits per heavy atom. The summed E-state index contributed by atoms with van der Waals surface area (Å²) >= 11 is 0. The van der Waals surface area contributed by atoms with Crippen molar-refractivity contribution in [2.75, 3.05) is 31.7 Å². The zero-order valence-electron chi connectivity index (χ0n) is 11.5. The number of hydrogen-bond donors (Lipinski definition) is 0. The second-order valence-electron chi connectivity index (χ2n) is 4.93. The summed E-state index contributed by atoms with van der Waals surface area (Å²) in [5.41, 5.74) is 1.51. The number of methoxy groups -OCH3 is 1. The van der Waals surface area contributed by atoms with Gasteiger partial charge in [-0.25, -0.2) is 8.42 Å². The van der Waals surface area contributed by atoms with Crippen molar-refractivity contribution in [3.63, 3.8) is 0 Å². The molecule has 5 nitrogen and oxygen atoms in total. The van der Waals surface area contributed by atoms with Gasteiger partial charge in [0.25, 0.3) is 0 Å². The maximum Gasteiger partial charge on any atom is 0.151 e. The van der Waals surface area contributed by atoms with Gasteiger partial charge in [0.2, 0.25) is 0 Å². The Labute approximate surface area is 119 Å². The lowest BCUT2D eigenvalue weighted by Gasteiger charge is -2.19. The highest BCUT2D eigenvalue weighted by molar-refractivity contribution is 7.91. The Hall–Kier alpha value is -1.58. The van der Waals surface area contributed by atoms with Crippen molar-refractivity contribution in [2.24, 2.45) is 0 Å². The number of hydrogen-bond acceptors (Lipinski definition) is 5. The van der Waals surface area contributed by atoms with Gasteiger partial charge in [-0.05, 0) is 30.7 Å². The number of rotatable bonds is 3. The van der Waals surface area contributed by atoms with Crippen LogP contribution >= 0.6 is 0 Å². The molecule has 108 valence electrons. The van der Waals surface area contributed by atoms with Crippen LogP contribution in [-0.4, -0.2) is 45.0 Å². The van der Waals surface area contributed by atoms with Crippen LogP contribution in [0.15, 0.2) is 18.2 Å². The fourth-order valence-electron chi connectivity index (χ4n) is 2.35. The number of nitrogens with zero attached hydrogens (tertiary/aromatic N) is 2. The van der Waals surface area contributed by atoms with Gasteiger partial charge in [0.05, 0.1) is 24.2 Å². The molecule has 20 heavy (non-hydrogen) atoms. The van der Waals surface area contributed by atoms with E-state index in [4.69, 9.17) is 10.00 Å². The molecule has 0 saturated carbocycles. The molecule has 0 spiro atoms. The SMILES string of the molecule is COc1ccc(CN2CCCS(=O)(=O)CC2)cc1C#N. The van der Waals surface area contributed by atoms with Crippen molar-refractivity contribution in [1.29, 1.82) is 5.26 Å². The van der Waals surface area contributed by atoms with Crippen LogP contribution in [0.5, 0.6) is 5.75 Å². The third-order valence-electron chi connectivity index (χ3n) is 3.44. The monoisotopic (exact) mass is 294 g/mol. The lowest BCUT2D eigenvalue weighted by atomic mass is 10.1. The van der Waals surface area contributed by atoms with Crippen LogP contribution in [0.4, 0.5) is 0 Å². The predicted molar refractivity (Wildman–Crippen MR) is 76.3 cm³/mol. The molecule has 1 aliphatic rings. The summed E-state index contributed by atoms with van der Waals surface area (Å²) in [6.07, 6.45) is 0.670. The van der Waals surface area contributed by atoms with E-state index in [1.54, 1.807) is 12.1 Å². The molecule has 0 aromatic heterocycles. The molecule has 0 amide bonds. The standard InChI is InChI=1S/C14H18N2O3S/c1-19-14-4-3-12(9-13(14)10-15)11-16-5-2-7-20(17,18)8-6-16/h3-4,9H,2,5-8,11H2,1H3. The Morgan fingerprint density at radius 2 is 2.15 bits per heavy atom. The molecule has 0 unspecified atom stereocenters. The average Bonchev–Trinajstić information content (AvgIpc) is 2.60. The molecule has 0 aliphatic carbocycles. The summed E-state index contributed by atoms with van der Waals surface area (Å²) in [5, 5.41) is 9.07. The lowest BCUT2D eigenvalue weighted by molar-refractivity contribution is 0.287. The Bertz CT molecular complexity index is 620. The summed E-state index contributed by atoms with van der Waals surface area (Å²) in [5.74, 6) is 1.05. The number of benzene rings is 1. The molecule has 1 aromatic rings. The Balaban J connectivity index is 2.09. The molecule has 2 rings (SSSR count). The summed E-state index contributed by atoms with van der Waals surface area (Å²) in [7, 11) is -1.34. The van der Waals surface area contributed by atoms with E-state index < -0.39 is 9.84 Å². The van der Waals surface area contributed by atoms with Crippen LogP contribution < -0.4 is 4.74 Å². The summed E-state index contributed by atoms with van der Waals surface area (Å²) in [6.45, 7) is 1.98. The second kappa shape index (κ2) is 6.25. The first-order chi connectivity index (χ1) is 9.54. The van der Waals surface area contributed by atoms with E-state index in [0.717, 1.165) is 12.1 Å². The normalized spacial score (nSPS) is 19.0. The van der Waals surface area contributed by atoms with Crippen LogP contribution in [0.1, 0.15) is 17.5 Å². The van der Waals surface area contributed by atoms with Gasteiger partial charge in [-0.1, -0.05) is 6.07 Å². The molecule has 1 heterocycles. The van der Waals surface area contributed by atoms with E-state index >= 15 is 0 Å². The summed E-state index contributed by atoms with van der Waals surface area (Å²) in [6, 6.07) is 7.61. The molecule has 1 fully saturated rings. The third-order valence-corrected chi connectivity index (χ3v) is 5.15. The lowest BCUT2D eigenvalue weighted by Crippen LogP contribution is -2.26. The number of sulfone groups is 1. The maximum atomic E-state index is 11.6. The minimum absolute atomic E-state index is 0.217. The third kappa shape index (κ3) is 3.71. The average molecular weight is 294 g/mol. The quantitative estimate of drug-likeness (QED) is 0.837. The minimum atomic E-state index is -2.88. The maximum absolute atomic E-state index is 11.6. The molecule has 0 bridgehead atoms. The van der Waals surface area contributed by atoms with Crippen molar-refractivity contribution in [2.45, 2.75) is 13.0 Å². The van der Waals surface area contributed by atoms with Crippen molar-refractivity contribution in [3.05, 3.63) is 29.3 Å². The largest absolute Gasteiger partial charge is 0.495 e. The van der Waals surface area contributed by atoms with Gasteiger partial charge < -0.3 is 4.74 Å². The highest BCUT2D eigenvalue weighted by Crippen LogP contribution is 2.20. The minimum Gasteiger partial charge on any atom is -0.495 e. The number of ether oxygens (including phenoxy) is 1. The van der Waals surface area contributed by atoms with Crippen LogP contribution in [0.3, 0.4) is 0 Å². The molecule has 1 saturated heterocycles. The van der Waals surface area contributed by atoms with Gasteiger partial charge in [0, 0.05) is 13.1 Å². The van der Waals surface area contributed by atoms with Crippen LogP contribution in [-0.2, 0) is 16.4 Å². The van der Waals surface area contributed by atoms with Gasteiger partial charge in [-0.15, -0.1) is 0 Å². The van der Waals surface area contributed by atoms with Gasteiger partial charge >= 0.3 is 0 Å².